The smallest absolute Gasteiger partial charge is 0.326 e. The second-order valence-electron chi connectivity index (χ2n) is 6.89. The van der Waals surface area contributed by atoms with Gasteiger partial charge in [0.25, 0.3) is 5.56 Å². The van der Waals surface area contributed by atoms with E-state index in [1.54, 1.807) is 4.68 Å². The molecule has 7 nitrogen and oxygen atoms in total. The molecular formula is C22H20N4O3. The first-order valence-corrected chi connectivity index (χ1v) is 9.23. The molecule has 146 valence electrons. The zero-order chi connectivity index (χ0) is 20.4. The highest BCUT2D eigenvalue weighted by Gasteiger charge is 2.14. The molecule has 0 N–H and O–H groups in total. The predicted octanol–water partition coefficient (Wildman–Crippen LogP) is 2.94. The number of aromatic nitrogens is 4. The number of carbonyl (C=O) groups excluding carboxylic acids is 1. The number of fused-ring (bicyclic) bond motifs is 1. The van der Waals surface area contributed by atoms with Gasteiger partial charge in [-0.2, -0.15) is 5.10 Å². The molecule has 4 rings (SSSR count). The van der Waals surface area contributed by atoms with Crippen LogP contribution in [-0.4, -0.2) is 25.3 Å². The largest absolute Gasteiger partial charge is 0.459 e. The van der Waals surface area contributed by atoms with E-state index in [2.05, 4.69) is 10.1 Å². The maximum Gasteiger partial charge on any atom is 0.326 e. The van der Waals surface area contributed by atoms with E-state index >= 15 is 0 Å². The Hall–Kier alpha value is -3.74. The molecule has 0 amide bonds. The molecule has 0 fully saturated rings. The summed E-state index contributed by atoms with van der Waals surface area (Å²) >= 11 is 0. The van der Waals surface area contributed by atoms with Gasteiger partial charge in [0, 0.05) is 0 Å². The van der Waals surface area contributed by atoms with Gasteiger partial charge in [-0.1, -0.05) is 36.4 Å². The Kier molecular flexibility index (Phi) is 4.95. The van der Waals surface area contributed by atoms with Crippen LogP contribution in [0.15, 0.2) is 65.8 Å². The van der Waals surface area contributed by atoms with Gasteiger partial charge in [-0.15, -0.1) is 0 Å². The van der Waals surface area contributed by atoms with E-state index in [0.29, 0.717) is 11.0 Å². The van der Waals surface area contributed by atoms with Crippen molar-refractivity contribution < 1.29 is 9.53 Å². The van der Waals surface area contributed by atoms with Crippen LogP contribution in [0.4, 0.5) is 0 Å². The van der Waals surface area contributed by atoms with Crippen molar-refractivity contribution in [2.45, 2.75) is 27.0 Å². The lowest BCUT2D eigenvalue weighted by atomic mass is 10.1. The van der Waals surface area contributed by atoms with E-state index < -0.39 is 5.97 Å². The van der Waals surface area contributed by atoms with Crippen molar-refractivity contribution in [3.05, 3.63) is 88.1 Å². The van der Waals surface area contributed by atoms with Gasteiger partial charge in [-0.3, -0.25) is 14.2 Å². The number of ether oxygens (including phenoxy) is 1. The van der Waals surface area contributed by atoms with Gasteiger partial charge < -0.3 is 4.74 Å². The van der Waals surface area contributed by atoms with Gasteiger partial charge in [0.1, 0.15) is 24.9 Å². The van der Waals surface area contributed by atoms with Crippen LogP contribution in [-0.2, 0) is 22.7 Å². The van der Waals surface area contributed by atoms with E-state index in [9.17, 15) is 9.59 Å². The molecule has 0 atom stereocenters. The van der Waals surface area contributed by atoms with Crippen LogP contribution in [0.2, 0.25) is 0 Å². The number of aryl methyl sites for hydroxylation is 2. The average molecular weight is 388 g/mol. The molecule has 4 aromatic rings. The monoisotopic (exact) mass is 388 g/mol. The Labute approximate surface area is 167 Å². The number of carbonyl (C=O) groups is 1. The zero-order valence-electron chi connectivity index (χ0n) is 16.2. The summed E-state index contributed by atoms with van der Waals surface area (Å²) in [6, 6.07) is 15.3. The third-order valence-electron chi connectivity index (χ3n) is 4.83. The summed E-state index contributed by atoms with van der Waals surface area (Å²) in [5.74, 6) is -0.501. The summed E-state index contributed by atoms with van der Waals surface area (Å²) in [4.78, 5) is 29.3. The fraction of sp³-hybridized carbons (Fsp3) is 0.182. The highest BCUT2D eigenvalue weighted by molar-refractivity contribution is 5.76. The highest BCUT2D eigenvalue weighted by Crippen LogP contribution is 2.17. The normalized spacial score (nSPS) is 11.0. The topological polar surface area (TPSA) is 79.0 Å². The molecule has 0 aliphatic rings. The maximum absolute atomic E-state index is 12.8. The second kappa shape index (κ2) is 7.71. The van der Waals surface area contributed by atoms with Crippen LogP contribution in [0, 0.1) is 13.8 Å². The quantitative estimate of drug-likeness (QED) is 0.491. The van der Waals surface area contributed by atoms with Gasteiger partial charge in [-0.25, -0.2) is 9.67 Å². The lowest BCUT2D eigenvalue weighted by molar-refractivity contribution is -0.145. The number of hydrogen-bond acceptors (Lipinski definition) is 5. The van der Waals surface area contributed by atoms with Crippen LogP contribution in [0.3, 0.4) is 0 Å². The molecule has 0 saturated heterocycles. The van der Waals surface area contributed by atoms with Gasteiger partial charge in [0.05, 0.1) is 11.9 Å². The van der Waals surface area contributed by atoms with Crippen molar-refractivity contribution in [1.29, 1.82) is 0 Å². The molecule has 7 heteroatoms. The van der Waals surface area contributed by atoms with Crippen molar-refractivity contribution in [2.75, 3.05) is 0 Å². The Morgan fingerprint density at radius 3 is 2.62 bits per heavy atom. The third kappa shape index (κ3) is 3.80. The summed E-state index contributed by atoms with van der Waals surface area (Å²) < 4.78 is 8.12. The molecule has 0 aliphatic carbocycles. The minimum Gasteiger partial charge on any atom is -0.459 e. The second-order valence-corrected chi connectivity index (χ2v) is 6.89. The first kappa shape index (κ1) is 18.6. The van der Waals surface area contributed by atoms with Gasteiger partial charge in [0.2, 0.25) is 0 Å². The highest BCUT2D eigenvalue weighted by atomic mass is 16.5. The first-order valence-electron chi connectivity index (χ1n) is 9.23. The van der Waals surface area contributed by atoms with Crippen LogP contribution in [0.1, 0.15) is 16.7 Å². The van der Waals surface area contributed by atoms with E-state index in [0.717, 1.165) is 16.8 Å². The van der Waals surface area contributed by atoms with Crippen LogP contribution < -0.4 is 5.56 Å². The molecule has 0 bridgehead atoms. The van der Waals surface area contributed by atoms with E-state index in [4.69, 9.17) is 4.74 Å². The van der Waals surface area contributed by atoms with E-state index in [1.807, 2.05) is 62.4 Å². The third-order valence-corrected chi connectivity index (χ3v) is 4.83. The van der Waals surface area contributed by atoms with E-state index in [-0.39, 0.29) is 18.7 Å². The number of benzene rings is 2. The molecule has 29 heavy (non-hydrogen) atoms. The van der Waals surface area contributed by atoms with E-state index in [1.165, 1.54) is 22.7 Å². The summed E-state index contributed by atoms with van der Waals surface area (Å²) in [6.07, 6.45) is 2.83. The molecule has 0 saturated carbocycles. The minimum atomic E-state index is -0.501. The SMILES string of the molecule is Cc1ccc(-n2ncc3c(=O)n(CC(=O)OCc4ccccc4)cnc32)cc1C. The van der Waals surface area contributed by atoms with Gasteiger partial charge in [-0.05, 0) is 42.7 Å². The Bertz CT molecular complexity index is 1240. The van der Waals surface area contributed by atoms with Crippen molar-refractivity contribution in [2.24, 2.45) is 0 Å². The molecule has 2 heterocycles. The molecular weight excluding hydrogens is 368 g/mol. The number of hydrogen-bond donors (Lipinski definition) is 0. The number of nitrogens with zero attached hydrogens (tertiary/aromatic N) is 4. The lowest BCUT2D eigenvalue weighted by Gasteiger charge is -2.08. The fourth-order valence-electron chi connectivity index (χ4n) is 3.03. The Morgan fingerprint density at radius 1 is 1.07 bits per heavy atom. The maximum atomic E-state index is 12.8. The summed E-state index contributed by atoms with van der Waals surface area (Å²) in [5.41, 5.74) is 4.13. The minimum absolute atomic E-state index is 0.162. The zero-order valence-corrected chi connectivity index (χ0v) is 16.2. The van der Waals surface area contributed by atoms with Gasteiger partial charge in [0.15, 0.2) is 5.65 Å². The van der Waals surface area contributed by atoms with Crippen LogP contribution in [0.5, 0.6) is 0 Å². The standard InChI is InChI=1S/C22H20N4O3/c1-15-8-9-18(10-16(15)2)26-21-19(11-24-26)22(28)25(14-23-21)12-20(27)29-13-17-6-4-3-5-7-17/h3-11,14H,12-13H2,1-2H3. The average Bonchev–Trinajstić information content (AvgIpc) is 3.16. The Morgan fingerprint density at radius 2 is 1.86 bits per heavy atom. The molecule has 2 aromatic heterocycles. The summed E-state index contributed by atoms with van der Waals surface area (Å²) in [6.45, 7) is 4.01. The fourth-order valence-corrected chi connectivity index (χ4v) is 3.03. The molecule has 0 unspecified atom stereocenters. The van der Waals surface area contributed by atoms with Crippen molar-refractivity contribution in [1.82, 2.24) is 19.3 Å². The van der Waals surface area contributed by atoms with Crippen molar-refractivity contribution in [3.63, 3.8) is 0 Å². The van der Waals surface area contributed by atoms with Crippen LogP contribution in [0.25, 0.3) is 16.7 Å². The Balaban J connectivity index is 1.56. The van der Waals surface area contributed by atoms with Gasteiger partial charge >= 0.3 is 5.97 Å². The molecule has 0 aliphatic heterocycles. The molecule has 2 aromatic carbocycles. The summed E-state index contributed by atoms with van der Waals surface area (Å²) in [7, 11) is 0. The van der Waals surface area contributed by atoms with Crippen molar-refractivity contribution in [3.8, 4) is 5.69 Å². The van der Waals surface area contributed by atoms with Crippen LogP contribution >= 0.6 is 0 Å². The summed E-state index contributed by atoms with van der Waals surface area (Å²) in [5, 5.41) is 4.67. The number of esters is 1. The predicted molar refractivity (Wildman–Crippen MR) is 109 cm³/mol. The number of rotatable bonds is 5. The molecule has 0 radical (unpaired) electrons. The van der Waals surface area contributed by atoms with Crippen molar-refractivity contribution >= 4 is 17.0 Å². The first-order chi connectivity index (χ1) is 14.0. The lowest BCUT2D eigenvalue weighted by Crippen LogP contribution is -2.25. The molecule has 0 spiro atoms.